The van der Waals surface area contributed by atoms with Crippen molar-refractivity contribution in [1.29, 1.82) is 0 Å². The zero-order valence-corrected chi connectivity index (χ0v) is 8.69. The highest BCUT2D eigenvalue weighted by molar-refractivity contribution is 5.32. The fraction of sp³-hybridized carbons (Fsp3) is 0.500. The Labute approximate surface area is 89.6 Å². The molecular weight excluding hydrogens is 192 g/mol. The molecule has 0 radical (unpaired) electrons. The number of aliphatic hydroxyl groups is 1. The van der Waals surface area contributed by atoms with Gasteiger partial charge in [-0.15, -0.1) is 0 Å². The predicted molar refractivity (Wildman–Crippen MR) is 56.8 cm³/mol. The van der Waals surface area contributed by atoms with Gasteiger partial charge in [-0.3, -0.25) is 0 Å². The van der Waals surface area contributed by atoms with E-state index in [1.807, 2.05) is 24.3 Å². The molecule has 1 aliphatic rings. The van der Waals surface area contributed by atoms with Crippen LogP contribution in [0.3, 0.4) is 0 Å². The minimum atomic E-state index is 0.0176. The van der Waals surface area contributed by atoms with Crippen molar-refractivity contribution in [2.24, 2.45) is 0 Å². The van der Waals surface area contributed by atoms with E-state index in [2.05, 4.69) is 0 Å². The summed E-state index contributed by atoms with van der Waals surface area (Å²) in [5, 5.41) is 9.14. The van der Waals surface area contributed by atoms with Crippen LogP contribution in [0.4, 0.5) is 0 Å². The molecule has 0 spiro atoms. The molecule has 1 atom stereocenters. The Morgan fingerprint density at radius 2 is 2.27 bits per heavy atom. The van der Waals surface area contributed by atoms with Crippen LogP contribution in [0.2, 0.25) is 0 Å². The summed E-state index contributed by atoms with van der Waals surface area (Å²) in [4.78, 5) is 0. The molecule has 1 heterocycles. The summed E-state index contributed by atoms with van der Waals surface area (Å²) < 4.78 is 11.1. The lowest BCUT2D eigenvalue weighted by Crippen LogP contribution is -2.28. The molecule has 0 bridgehead atoms. The Bertz CT molecular complexity index is 305. The van der Waals surface area contributed by atoms with E-state index in [0.29, 0.717) is 6.61 Å². The lowest BCUT2D eigenvalue weighted by molar-refractivity contribution is 0.00661. The summed E-state index contributed by atoms with van der Waals surface area (Å²) in [5.74, 6) is 0.774. The quantitative estimate of drug-likeness (QED) is 0.822. The normalized spacial score (nSPS) is 21.3. The molecule has 0 aliphatic carbocycles. The number of para-hydroxylation sites is 1. The van der Waals surface area contributed by atoms with E-state index in [4.69, 9.17) is 14.6 Å². The lowest BCUT2D eigenvalue weighted by Gasteiger charge is -2.24. The minimum Gasteiger partial charge on any atom is -0.488 e. The van der Waals surface area contributed by atoms with E-state index in [1.54, 1.807) is 0 Å². The summed E-state index contributed by atoms with van der Waals surface area (Å²) in [6.45, 7) is 1.50. The molecule has 15 heavy (non-hydrogen) atoms. The fourth-order valence-electron chi connectivity index (χ4n) is 1.73. The van der Waals surface area contributed by atoms with Crippen molar-refractivity contribution in [2.45, 2.75) is 25.6 Å². The highest BCUT2D eigenvalue weighted by Crippen LogP contribution is 2.21. The summed E-state index contributed by atoms with van der Waals surface area (Å²) in [6.07, 6.45) is 2.21. The first kappa shape index (κ1) is 10.5. The van der Waals surface area contributed by atoms with Gasteiger partial charge in [0.1, 0.15) is 11.9 Å². The zero-order chi connectivity index (χ0) is 10.5. The van der Waals surface area contributed by atoms with Gasteiger partial charge >= 0.3 is 0 Å². The standard InChI is InChI=1S/C12H16O3/c13-8-10-4-1-2-6-12(10)15-11-5-3-7-14-9-11/h1-2,4,6,11,13H,3,5,7-9H2. The van der Waals surface area contributed by atoms with Crippen LogP contribution in [0.5, 0.6) is 5.75 Å². The Kier molecular flexibility index (Phi) is 3.59. The van der Waals surface area contributed by atoms with E-state index < -0.39 is 0 Å². The first-order valence-corrected chi connectivity index (χ1v) is 5.33. The van der Waals surface area contributed by atoms with Crippen molar-refractivity contribution in [3.05, 3.63) is 29.8 Å². The molecule has 0 saturated carbocycles. The molecule has 3 heteroatoms. The highest BCUT2D eigenvalue weighted by atomic mass is 16.5. The van der Waals surface area contributed by atoms with E-state index in [1.165, 1.54) is 0 Å². The summed E-state index contributed by atoms with van der Waals surface area (Å²) in [6, 6.07) is 7.58. The molecule has 1 aliphatic heterocycles. The molecule has 1 N–H and O–H groups in total. The van der Waals surface area contributed by atoms with Gasteiger partial charge in [0.25, 0.3) is 0 Å². The van der Waals surface area contributed by atoms with Crippen LogP contribution in [-0.2, 0) is 11.3 Å². The molecule has 1 unspecified atom stereocenters. The molecule has 0 aromatic heterocycles. The van der Waals surface area contributed by atoms with Crippen molar-refractivity contribution in [3.63, 3.8) is 0 Å². The van der Waals surface area contributed by atoms with E-state index >= 15 is 0 Å². The summed E-state index contributed by atoms with van der Waals surface area (Å²) in [7, 11) is 0. The average molecular weight is 208 g/mol. The monoisotopic (exact) mass is 208 g/mol. The van der Waals surface area contributed by atoms with Crippen molar-refractivity contribution in [1.82, 2.24) is 0 Å². The summed E-state index contributed by atoms with van der Waals surface area (Å²) >= 11 is 0. The molecular formula is C12H16O3. The Morgan fingerprint density at radius 3 is 3.00 bits per heavy atom. The van der Waals surface area contributed by atoms with E-state index in [-0.39, 0.29) is 12.7 Å². The molecule has 1 saturated heterocycles. The third kappa shape index (κ3) is 2.70. The van der Waals surface area contributed by atoms with Crippen LogP contribution < -0.4 is 4.74 Å². The maximum Gasteiger partial charge on any atom is 0.125 e. The third-order valence-corrected chi connectivity index (χ3v) is 2.56. The van der Waals surface area contributed by atoms with Crippen LogP contribution in [0.25, 0.3) is 0 Å². The van der Waals surface area contributed by atoms with Crippen molar-refractivity contribution >= 4 is 0 Å². The average Bonchev–Trinajstić information content (AvgIpc) is 2.31. The second-order valence-corrected chi connectivity index (χ2v) is 3.72. The molecule has 3 nitrogen and oxygen atoms in total. The topological polar surface area (TPSA) is 38.7 Å². The van der Waals surface area contributed by atoms with Crippen LogP contribution in [0, 0.1) is 0 Å². The van der Waals surface area contributed by atoms with Gasteiger partial charge in [-0.1, -0.05) is 18.2 Å². The maximum absolute atomic E-state index is 9.14. The van der Waals surface area contributed by atoms with Gasteiger partial charge in [-0.05, 0) is 18.9 Å². The highest BCUT2D eigenvalue weighted by Gasteiger charge is 2.16. The predicted octanol–water partition coefficient (Wildman–Crippen LogP) is 1.74. The molecule has 82 valence electrons. The van der Waals surface area contributed by atoms with E-state index in [0.717, 1.165) is 30.8 Å². The van der Waals surface area contributed by atoms with Gasteiger partial charge in [-0.2, -0.15) is 0 Å². The Hall–Kier alpha value is -1.06. The first-order valence-electron chi connectivity index (χ1n) is 5.33. The second kappa shape index (κ2) is 5.14. The van der Waals surface area contributed by atoms with Crippen molar-refractivity contribution < 1.29 is 14.6 Å². The van der Waals surface area contributed by atoms with Gasteiger partial charge in [-0.25, -0.2) is 0 Å². The van der Waals surface area contributed by atoms with Crippen LogP contribution >= 0.6 is 0 Å². The number of hydrogen-bond donors (Lipinski definition) is 1. The van der Waals surface area contributed by atoms with Crippen molar-refractivity contribution in [2.75, 3.05) is 13.2 Å². The minimum absolute atomic E-state index is 0.0176. The van der Waals surface area contributed by atoms with Gasteiger partial charge in [0, 0.05) is 12.2 Å². The number of ether oxygens (including phenoxy) is 2. The van der Waals surface area contributed by atoms with Crippen molar-refractivity contribution in [3.8, 4) is 5.75 Å². The second-order valence-electron chi connectivity index (χ2n) is 3.72. The SMILES string of the molecule is OCc1ccccc1OC1CCCOC1. The number of rotatable bonds is 3. The molecule has 1 aromatic rings. The molecule has 1 fully saturated rings. The lowest BCUT2D eigenvalue weighted by atomic mass is 10.1. The number of benzene rings is 1. The Morgan fingerprint density at radius 1 is 1.40 bits per heavy atom. The smallest absolute Gasteiger partial charge is 0.125 e. The molecule has 0 amide bonds. The van der Waals surface area contributed by atoms with Crippen LogP contribution in [0.1, 0.15) is 18.4 Å². The third-order valence-electron chi connectivity index (χ3n) is 2.56. The number of aliphatic hydroxyl groups excluding tert-OH is 1. The maximum atomic E-state index is 9.14. The van der Waals surface area contributed by atoms with E-state index in [9.17, 15) is 0 Å². The molecule has 1 aromatic carbocycles. The van der Waals surface area contributed by atoms with Gasteiger partial charge in [0.2, 0.25) is 0 Å². The zero-order valence-electron chi connectivity index (χ0n) is 8.69. The van der Waals surface area contributed by atoms with Gasteiger partial charge < -0.3 is 14.6 Å². The van der Waals surface area contributed by atoms with Crippen LogP contribution in [-0.4, -0.2) is 24.4 Å². The largest absolute Gasteiger partial charge is 0.488 e. The van der Waals surface area contributed by atoms with Gasteiger partial charge in [0.05, 0.1) is 13.2 Å². The summed E-state index contributed by atoms with van der Waals surface area (Å²) in [5.41, 5.74) is 0.836. The first-order chi connectivity index (χ1) is 7.40. The van der Waals surface area contributed by atoms with Gasteiger partial charge in [0.15, 0.2) is 0 Å². The Balaban J connectivity index is 2.02. The van der Waals surface area contributed by atoms with Crippen LogP contribution in [0.15, 0.2) is 24.3 Å². The fourth-order valence-corrected chi connectivity index (χ4v) is 1.73. The molecule has 2 rings (SSSR count). The number of hydrogen-bond acceptors (Lipinski definition) is 3.